The summed E-state index contributed by atoms with van der Waals surface area (Å²) in [5.41, 5.74) is 6.13. The van der Waals surface area contributed by atoms with E-state index in [0.717, 1.165) is 4.47 Å². The smallest absolute Gasteiger partial charge is 0.231 e. The van der Waals surface area contributed by atoms with E-state index < -0.39 is 5.41 Å². The lowest BCUT2D eigenvalue weighted by Gasteiger charge is -2.28. The number of nitriles is 1. The van der Waals surface area contributed by atoms with Gasteiger partial charge in [0.1, 0.15) is 6.07 Å². The van der Waals surface area contributed by atoms with Gasteiger partial charge in [0.25, 0.3) is 0 Å². The maximum absolute atomic E-state index is 12.4. The third kappa shape index (κ3) is 3.34. The normalized spacial score (nSPS) is 10.9. The summed E-state index contributed by atoms with van der Waals surface area (Å²) in [4.78, 5) is 12.4. The molecule has 0 fully saturated rings. The maximum Gasteiger partial charge on any atom is 0.231 e. The zero-order valence-corrected chi connectivity index (χ0v) is 12.8. The number of nitrogens with one attached hydrogen (secondary N) is 1. The van der Waals surface area contributed by atoms with Gasteiger partial charge in [-0.2, -0.15) is 5.26 Å². The summed E-state index contributed by atoms with van der Waals surface area (Å²) >= 11 is 3.33. The summed E-state index contributed by atoms with van der Waals surface area (Å²) in [6, 6.07) is 7.23. The predicted octanol–water partition coefficient (Wildman–Crippen LogP) is 3.02. The van der Waals surface area contributed by atoms with E-state index >= 15 is 0 Å². The van der Waals surface area contributed by atoms with Crippen molar-refractivity contribution in [1.29, 1.82) is 5.26 Å². The van der Waals surface area contributed by atoms with Crippen LogP contribution in [-0.4, -0.2) is 12.5 Å². The largest absolute Gasteiger partial charge is 0.329 e. The zero-order chi connectivity index (χ0) is 14.5. The summed E-state index contributed by atoms with van der Waals surface area (Å²) in [6.07, 6.45) is 1.34. The quantitative estimate of drug-likeness (QED) is 0.874. The van der Waals surface area contributed by atoms with E-state index in [1.165, 1.54) is 0 Å². The van der Waals surface area contributed by atoms with Gasteiger partial charge in [0, 0.05) is 11.0 Å². The van der Waals surface area contributed by atoms with E-state index in [2.05, 4.69) is 27.3 Å². The first kappa shape index (κ1) is 15.7. The topological polar surface area (TPSA) is 78.9 Å². The molecule has 5 heteroatoms. The standard InChI is InChI=1S/C14H18BrN3O/c1-3-14(4-2,9-17)13(19)18-12-7-11(15)6-5-10(12)8-16/h5-7H,3-4,9,17H2,1-2H3,(H,18,19). The molecule has 3 N–H and O–H groups in total. The minimum absolute atomic E-state index is 0.130. The molecular weight excluding hydrogens is 306 g/mol. The Morgan fingerprint density at radius 2 is 2.11 bits per heavy atom. The van der Waals surface area contributed by atoms with Crippen LogP contribution in [0.4, 0.5) is 5.69 Å². The van der Waals surface area contributed by atoms with Crippen LogP contribution in [0.2, 0.25) is 0 Å². The monoisotopic (exact) mass is 323 g/mol. The van der Waals surface area contributed by atoms with Gasteiger partial charge in [-0.25, -0.2) is 0 Å². The second-order valence-corrected chi connectivity index (χ2v) is 5.36. The van der Waals surface area contributed by atoms with Crippen molar-refractivity contribution in [1.82, 2.24) is 0 Å². The van der Waals surface area contributed by atoms with E-state index in [1.807, 2.05) is 13.8 Å². The number of halogens is 1. The summed E-state index contributed by atoms with van der Waals surface area (Å²) in [5, 5.41) is 11.9. The maximum atomic E-state index is 12.4. The molecule has 19 heavy (non-hydrogen) atoms. The van der Waals surface area contributed by atoms with Gasteiger partial charge in [-0.05, 0) is 31.0 Å². The molecule has 0 bridgehead atoms. The van der Waals surface area contributed by atoms with Gasteiger partial charge in [-0.1, -0.05) is 29.8 Å². The molecule has 0 saturated heterocycles. The van der Waals surface area contributed by atoms with Crippen molar-refractivity contribution in [3.05, 3.63) is 28.2 Å². The van der Waals surface area contributed by atoms with E-state index in [9.17, 15) is 4.79 Å². The van der Waals surface area contributed by atoms with Gasteiger partial charge < -0.3 is 11.1 Å². The molecule has 0 aromatic heterocycles. The molecule has 0 heterocycles. The highest BCUT2D eigenvalue weighted by Crippen LogP contribution is 2.28. The molecule has 102 valence electrons. The molecule has 4 nitrogen and oxygen atoms in total. The fraction of sp³-hybridized carbons (Fsp3) is 0.429. The van der Waals surface area contributed by atoms with Crippen LogP contribution in [0.25, 0.3) is 0 Å². The Bertz CT molecular complexity index is 496. The van der Waals surface area contributed by atoms with Gasteiger partial charge in [-0.15, -0.1) is 0 Å². The summed E-state index contributed by atoms with van der Waals surface area (Å²) in [6.45, 7) is 4.19. The Morgan fingerprint density at radius 3 is 2.58 bits per heavy atom. The van der Waals surface area contributed by atoms with Crippen LogP contribution in [0.1, 0.15) is 32.3 Å². The SMILES string of the molecule is CCC(CC)(CN)C(=O)Nc1cc(Br)ccc1C#N. The highest BCUT2D eigenvalue weighted by atomic mass is 79.9. The molecule has 1 rings (SSSR count). The first-order chi connectivity index (χ1) is 9.02. The molecule has 0 aliphatic rings. The average Bonchev–Trinajstić information content (AvgIpc) is 2.41. The van der Waals surface area contributed by atoms with Crippen molar-refractivity contribution in [2.45, 2.75) is 26.7 Å². The Morgan fingerprint density at radius 1 is 1.47 bits per heavy atom. The van der Waals surface area contributed by atoms with Gasteiger partial charge in [0.05, 0.1) is 16.7 Å². The van der Waals surface area contributed by atoms with Crippen molar-refractivity contribution >= 4 is 27.5 Å². The van der Waals surface area contributed by atoms with Crippen LogP contribution in [0.5, 0.6) is 0 Å². The van der Waals surface area contributed by atoms with Crippen molar-refractivity contribution in [2.24, 2.45) is 11.1 Å². The summed E-state index contributed by atoms with van der Waals surface area (Å²) in [7, 11) is 0. The Hall–Kier alpha value is -1.38. The summed E-state index contributed by atoms with van der Waals surface area (Å²) < 4.78 is 0.813. The average molecular weight is 324 g/mol. The zero-order valence-electron chi connectivity index (χ0n) is 11.2. The van der Waals surface area contributed by atoms with Crippen LogP contribution < -0.4 is 11.1 Å². The molecule has 0 radical (unpaired) electrons. The number of carbonyl (C=O) groups is 1. The number of amides is 1. The second kappa shape index (κ2) is 6.69. The highest BCUT2D eigenvalue weighted by molar-refractivity contribution is 9.10. The first-order valence-electron chi connectivity index (χ1n) is 6.24. The fourth-order valence-electron chi connectivity index (χ4n) is 1.92. The molecule has 1 aromatic carbocycles. The Labute approximate surface area is 122 Å². The first-order valence-corrected chi connectivity index (χ1v) is 7.03. The molecule has 0 atom stereocenters. The van der Waals surface area contributed by atoms with Gasteiger partial charge in [0.2, 0.25) is 5.91 Å². The van der Waals surface area contributed by atoms with Crippen molar-refractivity contribution in [3.8, 4) is 6.07 Å². The lowest BCUT2D eigenvalue weighted by atomic mass is 9.81. The lowest BCUT2D eigenvalue weighted by molar-refractivity contribution is -0.125. The number of carbonyl (C=O) groups excluding carboxylic acids is 1. The van der Waals surface area contributed by atoms with Crippen molar-refractivity contribution in [2.75, 3.05) is 11.9 Å². The number of hydrogen-bond donors (Lipinski definition) is 2. The molecule has 0 unspecified atom stereocenters. The Balaban J connectivity index is 3.06. The van der Waals surface area contributed by atoms with Crippen LogP contribution in [0.15, 0.2) is 22.7 Å². The molecule has 1 amide bonds. The molecule has 1 aromatic rings. The molecule has 0 aliphatic heterocycles. The molecule has 0 saturated carbocycles. The van der Waals surface area contributed by atoms with Crippen LogP contribution in [-0.2, 0) is 4.79 Å². The van der Waals surface area contributed by atoms with E-state index in [0.29, 0.717) is 30.6 Å². The van der Waals surface area contributed by atoms with Gasteiger partial charge in [-0.3, -0.25) is 4.79 Å². The van der Waals surface area contributed by atoms with Gasteiger partial charge >= 0.3 is 0 Å². The molecular formula is C14H18BrN3O. The van der Waals surface area contributed by atoms with Gasteiger partial charge in [0.15, 0.2) is 0 Å². The Kier molecular flexibility index (Phi) is 5.52. The highest BCUT2D eigenvalue weighted by Gasteiger charge is 2.33. The number of nitrogens with two attached hydrogens (primary N) is 1. The number of rotatable bonds is 5. The minimum atomic E-state index is -0.574. The third-order valence-corrected chi connectivity index (χ3v) is 4.07. The van der Waals surface area contributed by atoms with Crippen molar-refractivity contribution in [3.63, 3.8) is 0 Å². The number of anilines is 1. The molecule has 0 spiro atoms. The second-order valence-electron chi connectivity index (χ2n) is 4.45. The predicted molar refractivity (Wildman–Crippen MR) is 79.6 cm³/mol. The third-order valence-electron chi connectivity index (χ3n) is 3.58. The van der Waals surface area contributed by atoms with Crippen LogP contribution >= 0.6 is 15.9 Å². The van der Waals surface area contributed by atoms with E-state index in [-0.39, 0.29) is 5.91 Å². The lowest BCUT2D eigenvalue weighted by Crippen LogP contribution is -2.41. The fourth-order valence-corrected chi connectivity index (χ4v) is 2.29. The number of benzene rings is 1. The van der Waals surface area contributed by atoms with E-state index in [4.69, 9.17) is 11.0 Å². The minimum Gasteiger partial charge on any atom is -0.329 e. The number of nitrogens with zero attached hydrogens (tertiary/aromatic N) is 1. The van der Waals surface area contributed by atoms with Crippen LogP contribution in [0, 0.1) is 16.7 Å². The van der Waals surface area contributed by atoms with Crippen LogP contribution in [0.3, 0.4) is 0 Å². The van der Waals surface area contributed by atoms with Crippen molar-refractivity contribution < 1.29 is 4.79 Å². The number of hydrogen-bond acceptors (Lipinski definition) is 3. The van der Waals surface area contributed by atoms with E-state index in [1.54, 1.807) is 18.2 Å². The molecule has 0 aliphatic carbocycles. The summed E-state index contributed by atoms with van der Waals surface area (Å²) in [5.74, 6) is -0.130.